The molecule has 1 fully saturated rings. The van der Waals surface area contributed by atoms with Crippen LogP contribution in [0.3, 0.4) is 0 Å². The van der Waals surface area contributed by atoms with Crippen molar-refractivity contribution in [2.75, 3.05) is 13.1 Å². The van der Waals surface area contributed by atoms with Crippen LogP contribution in [0.25, 0.3) is 0 Å². The molecule has 2 heterocycles. The first-order chi connectivity index (χ1) is 7.93. The monoisotopic (exact) mass is 280 g/mol. The van der Waals surface area contributed by atoms with E-state index in [0.717, 1.165) is 6.54 Å². The van der Waals surface area contributed by atoms with E-state index in [1.165, 1.54) is 47.1 Å². The van der Waals surface area contributed by atoms with Gasteiger partial charge in [0.2, 0.25) is 0 Å². The van der Waals surface area contributed by atoms with Crippen LogP contribution in [0.15, 0.2) is 29.3 Å². The molecule has 0 spiro atoms. The number of likely N-dealkylation sites (tertiary alicyclic amines) is 1. The van der Waals surface area contributed by atoms with Gasteiger partial charge in [-0.05, 0) is 0 Å². The molecule has 84 valence electrons. The Bertz CT molecular complexity index is 408. The average molecular weight is 279 g/mol. The summed E-state index contributed by atoms with van der Waals surface area (Å²) in [5.41, 5.74) is 1.43. The van der Waals surface area contributed by atoms with Gasteiger partial charge in [0.25, 0.3) is 0 Å². The fourth-order valence-electron chi connectivity index (χ4n) is 2.27. The molecule has 0 saturated carbocycles. The number of hydrogen-bond donors (Lipinski definition) is 0. The summed E-state index contributed by atoms with van der Waals surface area (Å²) in [7, 11) is 0. The zero-order chi connectivity index (χ0) is 10.8. The number of aliphatic imine (C=N–C) groups is 1. The van der Waals surface area contributed by atoms with E-state index in [2.05, 4.69) is 29.2 Å². The first kappa shape index (κ1) is 10.4. The van der Waals surface area contributed by atoms with E-state index in [4.69, 9.17) is 4.99 Å². The van der Waals surface area contributed by atoms with Gasteiger partial charge in [0.1, 0.15) is 0 Å². The summed E-state index contributed by atoms with van der Waals surface area (Å²) < 4.78 is 2.91. The zero-order valence-electron chi connectivity index (χ0n) is 9.35. The van der Waals surface area contributed by atoms with Crippen LogP contribution in [0.4, 0.5) is 0 Å². The van der Waals surface area contributed by atoms with Gasteiger partial charge in [0, 0.05) is 0 Å². The first-order valence-corrected chi connectivity index (χ1v) is 7.70. The van der Waals surface area contributed by atoms with Gasteiger partial charge in [-0.3, -0.25) is 0 Å². The number of amidine groups is 1. The summed E-state index contributed by atoms with van der Waals surface area (Å²) >= 11 is 0.437. The Morgan fingerprint density at radius 3 is 2.75 bits per heavy atom. The molecule has 16 heavy (non-hydrogen) atoms. The molecular weight excluding hydrogens is 263 g/mol. The van der Waals surface area contributed by atoms with Crippen molar-refractivity contribution in [3.63, 3.8) is 0 Å². The van der Waals surface area contributed by atoms with Gasteiger partial charge in [-0.15, -0.1) is 0 Å². The number of fused-ring (bicyclic) bond motifs is 1. The maximum absolute atomic E-state index is 4.76. The Labute approximate surface area is 103 Å². The Balaban J connectivity index is 1.77. The van der Waals surface area contributed by atoms with Crippen molar-refractivity contribution in [1.29, 1.82) is 0 Å². The van der Waals surface area contributed by atoms with Crippen LogP contribution in [0, 0.1) is 0 Å². The van der Waals surface area contributed by atoms with Crippen molar-refractivity contribution in [3.05, 3.63) is 29.8 Å². The number of hydrogen-bond acceptors (Lipinski definition) is 2. The van der Waals surface area contributed by atoms with Crippen molar-refractivity contribution in [2.24, 2.45) is 4.99 Å². The Hall–Kier alpha value is -0.791. The molecule has 0 bridgehead atoms. The molecule has 2 nitrogen and oxygen atoms in total. The van der Waals surface area contributed by atoms with Crippen LogP contribution in [-0.2, 0) is 6.54 Å². The van der Waals surface area contributed by atoms with Crippen LogP contribution in [0.2, 0.25) is 0 Å². The molecule has 1 saturated heterocycles. The predicted octanol–water partition coefficient (Wildman–Crippen LogP) is 1.37. The Morgan fingerprint density at radius 1 is 1.06 bits per heavy atom. The SMILES string of the molecule is c1ccc2c(c1)CN=C(N1CCCCC1)[Se]2. The van der Waals surface area contributed by atoms with Crippen molar-refractivity contribution in [3.8, 4) is 0 Å². The van der Waals surface area contributed by atoms with E-state index < -0.39 is 0 Å². The fraction of sp³-hybridized carbons (Fsp3) is 0.462. The summed E-state index contributed by atoms with van der Waals surface area (Å²) in [6.07, 6.45) is 4.08. The number of piperidine rings is 1. The third-order valence-corrected chi connectivity index (χ3v) is 5.68. The molecule has 0 N–H and O–H groups in total. The Kier molecular flexibility index (Phi) is 2.98. The molecule has 3 rings (SSSR count). The standard InChI is InChI=1S/C13H16N2Se/c1-4-8-15(9-5-1)13-14-10-11-6-2-3-7-12(11)16-13/h2-3,6-7H,1,4-5,8-10H2. The third kappa shape index (κ3) is 2.02. The van der Waals surface area contributed by atoms with Crippen LogP contribution >= 0.6 is 0 Å². The predicted molar refractivity (Wildman–Crippen MR) is 68.4 cm³/mol. The zero-order valence-corrected chi connectivity index (χ0v) is 11.1. The van der Waals surface area contributed by atoms with Gasteiger partial charge in [-0.25, -0.2) is 0 Å². The van der Waals surface area contributed by atoms with E-state index in [9.17, 15) is 0 Å². The number of rotatable bonds is 0. The fourth-order valence-corrected chi connectivity index (χ4v) is 4.47. The number of nitrogens with zero attached hydrogens (tertiary/aromatic N) is 2. The Morgan fingerprint density at radius 2 is 1.88 bits per heavy atom. The molecule has 1 aromatic rings. The molecule has 3 heteroatoms. The molecule has 0 radical (unpaired) electrons. The van der Waals surface area contributed by atoms with Gasteiger partial charge < -0.3 is 0 Å². The summed E-state index contributed by atoms with van der Waals surface area (Å²) in [5.74, 6) is 0. The van der Waals surface area contributed by atoms with Crippen molar-refractivity contribution >= 4 is 24.2 Å². The van der Waals surface area contributed by atoms with Gasteiger partial charge >= 0.3 is 103 Å². The number of benzene rings is 1. The molecule has 2 aliphatic rings. The van der Waals surface area contributed by atoms with Crippen molar-refractivity contribution < 1.29 is 0 Å². The van der Waals surface area contributed by atoms with Gasteiger partial charge in [0.05, 0.1) is 0 Å². The molecule has 0 aliphatic carbocycles. The quantitative estimate of drug-likeness (QED) is 0.655. The molecule has 0 unspecified atom stereocenters. The van der Waals surface area contributed by atoms with Crippen LogP contribution in [-0.4, -0.2) is 37.7 Å². The van der Waals surface area contributed by atoms with Gasteiger partial charge in [-0.1, -0.05) is 0 Å². The van der Waals surface area contributed by atoms with Crippen molar-refractivity contribution in [1.82, 2.24) is 4.90 Å². The topological polar surface area (TPSA) is 15.6 Å². The summed E-state index contributed by atoms with van der Waals surface area (Å²) in [4.78, 5) is 7.28. The van der Waals surface area contributed by atoms with E-state index in [1.807, 2.05) is 0 Å². The maximum atomic E-state index is 4.76. The van der Waals surface area contributed by atoms with Crippen LogP contribution in [0.1, 0.15) is 24.8 Å². The molecule has 1 aromatic carbocycles. The second kappa shape index (κ2) is 4.60. The second-order valence-corrected chi connectivity index (χ2v) is 6.47. The average Bonchev–Trinajstić information content (AvgIpc) is 2.39. The van der Waals surface area contributed by atoms with Gasteiger partial charge in [-0.2, -0.15) is 0 Å². The van der Waals surface area contributed by atoms with E-state index >= 15 is 0 Å². The van der Waals surface area contributed by atoms with Crippen molar-refractivity contribution in [2.45, 2.75) is 25.8 Å². The van der Waals surface area contributed by atoms with Crippen LogP contribution < -0.4 is 4.46 Å². The normalized spacial score (nSPS) is 20.2. The molecule has 0 amide bonds. The minimum atomic E-state index is 0.437. The van der Waals surface area contributed by atoms with Gasteiger partial charge in [0.15, 0.2) is 0 Å². The third-order valence-electron chi connectivity index (χ3n) is 3.19. The van der Waals surface area contributed by atoms with E-state index in [-0.39, 0.29) is 0 Å². The molecular formula is C13H16N2Se. The minimum absolute atomic E-state index is 0.437. The summed E-state index contributed by atoms with van der Waals surface area (Å²) in [5, 5.41) is 0. The molecule has 0 aromatic heterocycles. The molecule has 0 atom stereocenters. The van der Waals surface area contributed by atoms with Crippen LogP contribution in [0.5, 0.6) is 0 Å². The molecule has 2 aliphatic heterocycles. The van der Waals surface area contributed by atoms with E-state index in [0.29, 0.717) is 15.0 Å². The van der Waals surface area contributed by atoms with E-state index in [1.54, 1.807) is 0 Å². The second-order valence-electron chi connectivity index (χ2n) is 4.36. The summed E-state index contributed by atoms with van der Waals surface area (Å²) in [6, 6.07) is 8.76. The summed E-state index contributed by atoms with van der Waals surface area (Å²) in [6.45, 7) is 3.34. The first-order valence-electron chi connectivity index (χ1n) is 5.99.